The van der Waals surface area contributed by atoms with Crippen molar-refractivity contribution in [2.45, 2.75) is 117 Å². The second kappa shape index (κ2) is 33.9. The standard InChI is InChI=1S/C31H31FN6O.C30H29FN6O.C29H27FN6O/c1-3-4-16-33-31-34-17-15-26(36-31)29-28(21-9-11-23(32)12-10-21)37-27-14-13-24(38(27)29)19-39-30-20(2)18-22-7-5-6-8-25(22)35-30;1-3-15-32-30-33-16-14-25(35-30)28-27(20-8-10-22(31)11-9-20)36-26-13-12-23(37(26)28)18-38-29-19(2)17-21-6-4-5-7-24(21)34-29;1-3-31-29-32-15-14-24(34-29)27-26(19-8-10-21(30)11-9-19)35-25-13-12-22(36(25)27)17-37-28-18(2)16-20-6-4-5-7-23(20)33-28/h5-12,15,17-18,24H,3-4,13-14,16,19H2,1-2H3,(H,33,34,36);4-11,14,16-17,23H,3,12-13,15,18H2,1-2H3,(H,32,33,35);4-11,14-16,22H,3,12-13,17H2,1-2H3,(H,31,32,34). The number of hydrogen-bond donors (Lipinski definition) is 3. The number of unbranched alkanes of at least 4 members (excludes halogenated alkanes) is 1. The number of aromatic nitrogens is 15. The minimum Gasteiger partial charge on any atom is -0.475 e. The monoisotopic (exact) mass is 1520 g/mol. The van der Waals surface area contributed by atoms with E-state index in [0.29, 0.717) is 61.9 Å². The van der Waals surface area contributed by atoms with E-state index in [-0.39, 0.29) is 35.6 Å². The molecule has 24 heteroatoms. The quantitative estimate of drug-likeness (QED) is 0.0477. The van der Waals surface area contributed by atoms with Gasteiger partial charge in [0.05, 0.1) is 85.9 Å². The second-order valence-electron chi connectivity index (χ2n) is 28.8. The fourth-order valence-corrected chi connectivity index (χ4v) is 15.1. The van der Waals surface area contributed by atoms with Crippen molar-refractivity contribution in [1.29, 1.82) is 0 Å². The van der Waals surface area contributed by atoms with Crippen molar-refractivity contribution in [3.05, 3.63) is 252 Å². The summed E-state index contributed by atoms with van der Waals surface area (Å²) in [7, 11) is 0. The second-order valence-corrected chi connectivity index (χ2v) is 28.8. The third kappa shape index (κ3) is 16.2. The van der Waals surface area contributed by atoms with Gasteiger partial charge in [0.1, 0.15) is 54.7 Å². The van der Waals surface area contributed by atoms with Crippen LogP contribution in [0, 0.1) is 38.2 Å². The summed E-state index contributed by atoms with van der Waals surface area (Å²) in [5, 5.41) is 13.1. The highest BCUT2D eigenvalue weighted by Crippen LogP contribution is 2.44. The van der Waals surface area contributed by atoms with Crippen LogP contribution < -0.4 is 30.2 Å². The number of para-hydroxylation sites is 3. The average Bonchev–Trinajstić information content (AvgIpc) is 1.61. The van der Waals surface area contributed by atoms with Crippen molar-refractivity contribution in [1.82, 2.24) is 73.5 Å². The molecule has 576 valence electrons. The van der Waals surface area contributed by atoms with E-state index < -0.39 is 0 Å². The zero-order valence-corrected chi connectivity index (χ0v) is 64.5. The number of halogens is 3. The minimum atomic E-state index is -0.280. The molecule has 0 spiro atoms. The van der Waals surface area contributed by atoms with E-state index in [9.17, 15) is 13.2 Å². The Hall–Kier alpha value is -13.0. The van der Waals surface area contributed by atoms with Gasteiger partial charge in [0, 0.05) is 107 Å². The maximum atomic E-state index is 13.8. The molecule has 0 amide bonds. The first kappa shape index (κ1) is 75.1. The Morgan fingerprint density at radius 2 is 0.693 bits per heavy atom. The van der Waals surface area contributed by atoms with E-state index >= 15 is 0 Å². The molecule has 0 saturated heterocycles. The molecule has 3 unspecified atom stereocenters. The summed E-state index contributed by atoms with van der Waals surface area (Å²) in [6.45, 7) is 16.0. The molecule has 9 aromatic heterocycles. The molecule has 3 N–H and O–H groups in total. The zero-order valence-electron chi connectivity index (χ0n) is 64.5. The number of imidazole rings is 3. The maximum absolute atomic E-state index is 13.8. The van der Waals surface area contributed by atoms with Crippen LogP contribution in [-0.4, -0.2) is 113 Å². The van der Waals surface area contributed by atoms with Crippen molar-refractivity contribution in [3.63, 3.8) is 0 Å². The molecule has 0 radical (unpaired) electrons. The van der Waals surface area contributed by atoms with Crippen LogP contribution in [0.2, 0.25) is 0 Å². The van der Waals surface area contributed by atoms with Crippen molar-refractivity contribution >= 4 is 50.6 Å². The van der Waals surface area contributed by atoms with E-state index in [1.54, 1.807) is 55.0 Å². The largest absolute Gasteiger partial charge is 0.475 e. The number of fused-ring (bicyclic) bond motifs is 6. The topological polar surface area (TPSA) is 233 Å². The van der Waals surface area contributed by atoms with E-state index in [4.69, 9.17) is 59.1 Å². The maximum Gasteiger partial charge on any atom is 0.223 e. The fraction of sp³-hybridized carbons (Fsp3) is 0.267. The number of nitrogens with one attached hydrogen (secondary N) is 3. The summed E-state index contributed by atoms with van der Waals surface area (Å²) in [5.41, 5.74) is 15.6. The van der Waals surface area contributed by atoms with Crippen LogP contribution in [-0.2, 0) is 19.3 Å². The summed E-state index contributed by atoms with van der Waals surface area (Å²) >= 11 is 0. The lowest BCUT2D eigenvalue weighted by Crippen LogP contribution is -2.16. The summed E-state index contributed by atoms with van der Waals surface area (Å²) in [6, 6.07) is 55.7. The van der Waals surface area contributed by atoms with Gasteiger partial charge in [0.15, 0.2) is 0 Å². The highest BCUT2D eigenvalue weighted by atomic mass is 19.1. The van der Waals surface area contributed by atoms with Crippen LogP contribution in [0.3, 0.4) is 0 Å². The highest BCUT2D eigenvalue weighted by molar-refractivity contribution is 5.84. The van der Waals surface area contributed by atoms with Gasteiger partial charge in [-0.1, -0.05) is 74.9 Å². The Morgan fingerprint density at radius 1 is 0.368 bits per heavy atom. The van der Waals surface area contributed by atoms with Crippen molar-refractivity contribution in [2.24, 2.45) is 0 Å². The van der Waals surface area contributed by atoms with Crippen LogP contribution in [0.5, 0.6) is 17.6 Å². The number of anilines is 3. The Balaban J connectivity index is 0.000000129. The lowest BCUT2D eigenvalue weighted by molar-refractivity contribution is 0.246. The first-order valence-corrected chi connectivity index (χ1v) is 39.1. The SMILES string of the molecule is CCCCNc1nccc(-c2c(-c3ccc(F)cc3)nc3n2C(COc2nc4ccccc4cc2C)CC3)n1.CCCNc1nccc(-c2c(-c3ccc(F)cc3)nc3n2C(COc2nc4ccccc4cc2C)CC3)n1.CCNc1nccc(-c2c(-c3ccc(F)cc3)nc3n2C(COc2nc4ccccc4cc2C)CC3)n1. The molecule has 21 nitrogen and oxygen atoms in total. The molecule has 114 heavy (non-hydrogen) atoms. The van der Waals surface area contributed by atoms with Crippen LogP contribution in [0.25, 0.3) is 101 Å². The summed E-state index contributed by atoms with van der Waals surface area (Å²) < 4.78 is 66.9. The molecule has 0 aliphatic carbocycles. The molecule has 18 rings (SSSR count). The predicted octanol–water partition coefficient (Wildman–Crippen LogP) is 19.2. The molecule has 3 aliphatic heterocycles. The first-order valence-electron chi connectivity index (χ1n) is 39.1. The number of hydrogen-bond acceptors (Lipinski definition) is 18. The van der Waals surface area contributed by atoms with E-state index in [2.05, 4.69) is 94.8 Å². The van der Waals surface area contributed by atoms with E-state index in [1.807, 2.05) is 100 Å². The summed E-state index contributed by atoms with van der Waals surface area (Å²) in [6.07, 6.45) is 13.5. The van der Waals surface area contributed by atoms with Crippen LogP contribution in [0.4, 0.5) is 31.0 Å². The van der Waals surface area contributed by atoms with Crippen molar-refractivity contribution in [2.75, 3.05) is 55.4 Å². The van der Waals surface area contributed by atoms with Gasteiger partial charge >= 0.3 is 0 Å². The normalized spacial score (nSPS) is 14.6. The van der Waals surface area contributed by atoms with Crippen LogP contribution in [0.1, 0.15) is 112 Å². The molecule has 0 fully saturated rings. The molecule has 0 saturated carbocycles. The molecule has 3 atom stereocenters. The molecule has 0 bridgehead atoms. The van der Waals surface area contributed by atoms with Crippen LogP contribution in [0.15, 0.2) is 201 Å². The highest BCUT2D eigenvalue weighted by Gasteiger charge is 2.35. The van der Waals surface area contributed by atoms with E-state index in [0.717, 1.165) is 206 Å². The number of pyridine rings is 3. The molecule has 6 aromatic carbocycles. The fourth-order valence-electron chi connectivity index (χ4n) is 15.1. The molecular formula is C90H87F3N18O3. The Morgan fingerprint density at radius 3 is 1.02 bits per heavy atom. The third-order valence-corrected chi connectivity index (χ3v) is 20.7. The van der Waals surface area contributed by atoms with Gasteiger partial charge in [0.2, 0.25) is 35.5 Å². The molecule has 3 aliphatic rings. The molecule has 12 heterocycles. The van der Waals surface area contributed by atoms with Gasteiger partial charge in [-0.15, -0.1) is 0 Å². The van der Waals surface area contributed by atoms with Crippen molar-refractivity contribution in [3.8, 4) is 85.6 Å². The number of benzene rings is 6. The zero-order chi connectivity index (χ0) is 78.2. The number of ether oxygens (including phenoxy) is 3. The van der Waals surface area contributed by atoms with Crippen molar-refractivity contribution < 1.29 is 27.4 Å². The van der Waals surface area contributed by atoms with Gasteiger partial charge < -0.3 is 43.9 Å². The smallest absolute Gasteiger partial charge is 0.223 e. The number of aryl methyl sites for hydroxylation is 6. The Labute approximate surface area is 658 Å². The number of rotatable bonds is 24. The Kier molecular flexibility index (Phi) is 22.3. The lowest BCUT2D eigenvalue weighted by atomic mass is 10.1. The third-order valence-electron chi connectivity index (χ3n) is 20.7. The summed E-state index contributed by atoms with van der Waals surface area (Å²) in [4.78, 5) is 56.9. The van der Waals surface area contributed by atoms with Crippen LogP contribution >= 0.6 is 0 Å². The molecule has 15 aromatic rings. The Bertz CT molecular complexity index is 5930. The molecular weight excluding hydrogens is 1440 g/mol. The van der Waals surface area contributed by atoms with Gasteiger partial charge in [0.25, 0.3) is 0 Å². The minimum absolute atomic E-state index is 0.0517. The van der Waals surface area contributed by atoms with Gasteiger partial charge in [-0.2, -0.15) is 0 Å². The van der Waals surface area contributed by atoms with Gasteiger partial charge in [-0.05, 0) is 187 Å². The van der Waals surface area contributed by atoms with E-state index in [1.165, 1.54) is 36.4 Å². The number of nitrogens with zero attached hydrogens (tertiary/aromatic N) is 15. The predicted molar refractivity (Wildman–Crippen MR) is 440 cm³/mol. The first-order chi connectivity index (χ1) is 55.8. The van der Waals surface area contributed by atoms with Gasteiger partial charge in [-0.3, -0.25) is 0 Å². The lowest BCUT2D eigenvalue weighted by Gasteiger charge is -2.19. The summed E-state index contributed by atoms with van der Waals surface area (Å²) in [5.74, 6) is 5.73. The average molecular weight is 1530 g/mol. The van der Waals surface area contributed by atoms with Gasteiger partial charge in [-0.25, -0.2) is 73.0 Å².